The Morgan fingerprint density at radius 3 is 2.40 bits per heavy atom. The second-order valence-corrected chi connectivity index (χ2v) is 4.54. The molecule has 0 spiro atoms. The van der Waals surface area contributed by atoms with E-state index in [9.17, 15) is 4.79 Å². The van der Waals surface area contributed by atoms with Crippen LogP contribution in [0, 0.1) is 6.92 Å². The van der Waals surface area contributed by atoms with E-state index in [-0.39, 0.29) is 5.97 Å². The average molecular weight is 264 g/mol. The number of benzene rings is 2. The first-order chi connectivity index (χ1) is 9.72. The molecule has 4 heteroatoms. The summed E-state index contributed by atoms with van der Waals surface area (Å²) in [4.78, 5) is 12.1. The molecule has 1 aromatic heterocycles. The molecule has 1 heterocycles. The van der Waals surface area contributed by atoms with Gasteiger partial charge in [0.25, 0.3) is 0 Å². The number of hydrogen-bond donors (Lipinski definition) is 0. The minimum atomic E-state index is -0.382. The number of carbonyl (C=O) groups is 1. The number of carbonyl (C=O) groups excluding carboxylic acids is 1. The van der Waals surface area contributed by atoms with E-state index in [0.29, 0.717) is 11.3 Å². The molecule has 98 valence electrons. The molecule has 0 fully saturated rings. The number of nitrogens with zero attached hydrogens (tertiary/aromatic N) is 2. The zero-order valence-electron chi connectivity index (χ0n) is 10.9. The fourth-order valence-corrected chi connectivity index (χ4v) is 1.89. The van der Waals surface area contributed by atoms with Crippen LogP contribution in [-0.2, 0) is 0 Å². The van der Waals surface area contributed by atoms with Gasteiger partial charge in [0.2, 0.25) is 0 Å². The highest BCUT2D eigenvalue weighted by Gasteiger charge is 2.09. The minimum absolute atomic E-state index is 0.382. The van der Waals surface area contributed by atoms with Crippen molar-refractivity contribution < 1.29 is 9.53 Å². The van der Waals surface area contributed by atoms with E-state index in [1.54, 1.807) is 36.7 Å². The highest BCUT2D eigenvalue weighted by atomic mass is 16.5. The molecule has 20 heavy (non-hydrogen) atoms. The van der Waals surface area contributed by atoms with E-state index in [2.05, 4.69) is 10.2 Å². The molecule has 0 saturated carbocycles. The Morgan fingerprint density at radius 2 is 1.65 bits per heavy atom. The summed E-state index contributed by atoms with van der Waals surface area (Å²) >= 11 is 0. The maximum Gasteiger partial charge on any atom is 0.343 e. The fourth-order valence-electron chi connectivity index (χ4n) is 1.89. The predicted octanol–water partition coefficient (Wildman–Crippen LogP) is 3.16. The normalized spacial score (nSPS) is 10.4. The van der Waals surface area contributed by atoms with Crippen molar-refractivity contribution in [1.82, 2.24) is 10.2 Å². The van der Waals surface area contributed by atoms with Crippen LogP contribution >= 0.6 is 0 Å². The lowest BCUT2D eigenvalue weighted by molar-refractivity contribution is 0.0735. The first-order valence-corrected chi connectivity index (χ1v) is 6.22. The molecule has 0 radical (unpaired) electrons. The molecule has 0 aliphatic heterocycles. The Morgan fingerprint density at radius 1 is 0.950 bits per heavy atom. The molecule has 4 nitrogen and oxygen atoms in total. The van der Waals surface area contributed by atoms with Gasteiger partial charge in [0, 0.05) is 10.8 Å². The van der Waals surface area contributed by atoms with Crippen LogP contribution in [0.5, 0.6) is 5.75 Å². The number of hydrogen-bond acceptors (Lipinski definition) is 4. The van der Waals surface area contributed by atoms with E-state index >= 15 is 0 Å². The lowest BCUT2D eigenvalue weighted by atomic mass is 10.1. The number of esters is 1. The van der Waals surface area contributed by atoms with Crippen LogP contribution < -0.4 is 4.74 Å². The van der Waals surface area contributed by atoms with Gasteiger partial charge >= 0.3 is 5.97 Å². The summed E-state index contributed by atoms with van der Waals surface area (Å²) in [5.74, 6) is 0.154. The quantitative estimate of drug-likeness (QED) is 0.527. The SMILES string of the molecule is Cc1ccc(OC(=O)c2ccc3cnncc3c2)cc1. The smallest absolute Gasteiger partial charge is 0.343 e. The van der Waals surface area contributed by atoms with Gasteiger partial charge in [0.05, 0.1) is 18.0 Å². The second kappa shape index (κ2) is 5.09. The molecule has 0 bridgehead atoms. The molecule has 0 aliphatic carbocycles. The zero-order chi connectivity index (χ0) is 13.9. The van der Waals surface area contributed by atoms with Gasteiger partial charge in [-0.15, -0.1) is 0 Å². The third kappa shape index (κ3) is 2.49. The summed E-state index contributed by atoms with van der Waals surface area (Å²) in [6, 6.07) is 12.7. The summed E-state index contributed by atoms with van der Waals surface area (Å²) in [6.07, 6.45) is 3.28. The van der Waals surface area contributed by atoms with Gasteiger partial charge < -0.3 is 4.74 Å². The molecule has 3 aromatic rings. The Kier molecular flexibility index (Phi) is 3.13. The predicted molar refractivity (Wildman–Crippen MR) is 75.7 cm³/mol. The Labute approximate surface area is 116 Å². The standard InChI is InChI=1S/C16H12N2O2/c1-11-2-6-15(7-3-11)20-16(19)12-4-5-13-9-17-18-10-14(13)8-12/h2-10H,1H3. The van der Waals surface area contributed by atoms with E-state index in [1.165, 1.54) is 0 Å². The summed E-state index contributed by atoms with van der Waals surface area (Å²) in [7, 11) is 0. The van der Waals surface area contributed by atoms with Crippen LogP contribution in [0.4, 0.5) is 0 Å². The summed E-state index contributed by atoms with van der Waals surface area (Å²) in [5, 5.41) is 9.40. The number of rotatable bonds is 2. The zero-order valence-corrected chi connectivity index (χ0v) is 10.9. The van der Waals surface area contributed by atoms with Crippen LogP contribution in [0.25, 0.3) is 10.8 Å². The molecule has 2 aromatic carbocycles. The highest BCUT2D eigenvalue weighted by molar-refractivity contribution is 5.95. The Bertz CT molecular complexity index is 767. The van der Waals surface area contributed by atoms with E-state index in [0.717, 1.165) is 16.3 Å². The lowest BCUT2D eigenvalue weighted by Crippen LogP contribution is -2.08. The topological polar surface area (TPSA) is 52.1 Å². The average Bonchev–Trinajstić information content (AvgIpc) is 2.49. The molecule has 0 unspecified atom stereocenters. The van der Waals surface area contributed by atoms with Crippen LogP contribution in [0.1, 0.15) is 15.9 Å². The number of ether oxygens (including phenoxy) is 1. The first-order valence-electron chi connectivity index (χ1n) is 6.22. The third-order valence-electron chi connectivity index (χ3n) is 3.01. The summed E-state index contributed by atoms with van der Waals surface area (Å²) < 4.78 is 5.33. The molecule has 0 N–H and O–H groups in total. The fraction of sp³-hybridized carbons (Fsp3) is 0.0625. The van der Waals surface area contributed by atoms with Gasteiger partial charge in [-0.25, -0.2) is 4.79 Å². The Hall–Kier alpha value is -2.75. The van der Waals surface area contributed by atoms with Crippen molar-refractivity contribution >= 4 is 16.7 Å². The highest BCUT2D eigenvalue weighted by Crippen LogP contribution is 2.17. The number of aromatic nitrogens is 2. The molecule has 0 saturated heterocycles. The molecule has 0 atom stereocenters. The van der Waals surface area contributed by atoms with Crippen molar-refractivity contribution in [2.75, 3.05) is 0 Å². The van der Waals surface area contributed by atoms with Gasteiger partial charge in [0.1, 0.15) is 5.75 Å². The van der Waals surface area contributed by atoms with Crippen LogP contribution in [0.3, 0.4) is 0 Å². The van der Waals surface area contributed by atoms with Crippen molar-refractivity contribution in [3.05, 3.63) is 66.0 Å². The van der Waals surface area contributed by atoms with Crippen molar-refractivity contribution in [3.8, 4) is 5.75 Å². The van der Waals surface area contributed by atoms with Crippen LogP contribution in [-0.4, -0.2) is 16.2 Å². The number of aryl methyl sites for hydroxylation is 1. The molecule has 0 amide bonds. The largest absolute Gasteiger partial charge is 0.423 e. The van der Waals surface area contributed by atoms with Gasteiger partial charge in [-0.05, 0) is 31.2 Å². The van der Waals surface area contributed by atoms with Gasteiger partial charge in [-0.2, -0.15) is 10.2 Å². The van der Waals surface area contributed by atoms with Gasteiger partial charge in [-0.1, -0.05) is 23.8 Å². The first kappa shape index (κ1) is 12.3. The van der Waals surface area contributed by atoms with E-state index in [4.69, 9.17) is 4.74 Å². The number of fused-ring (bicyclic) bond motifs is 1. The Balaban J connectivity index is 1.86. The summed E-state index contributed by atoms with van der Waals surface area (Å²) in [5.41, 5.74) is 1.61. The van der Waals surface area contributed by atoms with Crippen molar-refractivity contribution in [2.45, 2.75) is 6.92 Å². The monoisotopic (exact) mass is 264 g/mol. The van der Waals surface area contributed by atoms with Gasteiger partial charge in [0.15, 0.2) is 0 Å². The van der Waals surface area contributed by atoms with Crippen molar-refractivity contribution in [1.29, 1.82) is 0 Å². The van der Waals surface area contributed by atoms with Crippen LogP contribution in [0.2, 0.25) is 0 Å². The third-order valence-corrected chi connectivity index (χ3v) is 3.01. The maximum absolute atomic E-state index is 12.1. The van der Waals surface area contributed by atoms with Crippen molar-refractivity contribution in [2.24, 2.45) is 0 Å². The minimum Gasteiger partial charge on any atom is -0.423 e. The lowest BCUT2D eigenvalue weighted by Gasteiger charge is -2.05. The van der Waals surface area contributed by atoms with E-state index < -0.39 is 0 Å². The van der Waals surface area contributed by atoms with E-state index in [1.807, 2.05) is 25.1 Å². The maximum atomic E-state index is 12.1. The molecule has 0 aliphatic rings. The van der Waals surface area contributed by atoms with Gasteiger partial charge in [-0.3, -0.25) is 0 Å². The second-order valence-electron chi connectivity index (χ2n) is 4.54. The van der Waals surface area contributed by atoms with Crippen LogP contribution in [0.15, 0.2) is 54.9 Å². The molecular weight excluding hydrogens is 252 g/mol. The molecular formula is C16H12N2O2. The van der Waals surface area contributed by atoms with Crippen molar-refractivity contribution in [3.63, 3.8) is 0 Å². The molecule has 3 rings (SSSR count). The summed E-state index contributed by atoms with van der Waals surface area (Å²) in [6.45, 7) is 1.98.